The van der Waals surface area contributed by atoms with Crippen molar-refractivity contribution < 1.29 is 14.3 Å². The molecule has 4 heteroatoms. The van der Waals surface area contributed by atoms with Gasteiger partial charge >= 0.3 is 0 Å². The van der Waals surface area contributed by atoms with Gasteiger partial charge < -0.3 is 10.1 Å². The molecule has 104 valence electrons. The first kappa shape index (κ1) is 14.1. The van der Waals surface area contributed by atoms with Crippen LogP contribution in [0.5, 0.6) is 5.75 Å². The summed E-state index contributed by atoms with van der Waals surface area (Å²) in [7, 11) is 1.55. The minimum atomic E-state index is -0.0361. The molecule has 2 rings (SSSR count). The molecule has 0 aliphatic rings. The van der Waals surface area contributed by atoms with Gasteiger partial charge in [0, 0.05) is 13.5 Å². The Balaban J connectivity index is 2.40. The molecule has 0 unspecified atom stereocenters. The fourth-order valence-electron chi connectivity index (χ4n) is 2.25. The Morgan fingerprint density at radius 2 is 2.15 bits per heavy atom. The van der Waals surface area contributed by atoms with Crippen molar-refractivity contribution in [2.24, 2.45) is 0 Å². The molecule has 0 aromatic heterocycles. The first-order chi connectivity index (χ1) is 9.65. The highest BCUT2D eigenvalue weighted by Gasteiger charge is 2.08. The number of hydrogen-bond donors (Lipinski definition) is 1. The van der Waals surface area contributed by atoms with Crippen molar-refractivity contribution in [1.82, 2.24) is 5.32 Å². The van der Waals surface area contributed by atoms with E-state index in [0.717, 1.165) is 29.0 Å². The fourth-order valence-corrected chi connectivity index (χ4v) is 2.25. The summed E-state index contributed by atoms with van der Waals surface area (Å²) in [5.74, 6) is 0.533. The minimum absolute atomic E-state index is 0.0361. The van der Waals surface area contributed by atoms with Gasteiger partial charge in [0.2, 0.25) is 5.91 Å². The zero-order valence-corrected chi connectivity index (χ0v) is 11.6. The highest BCUT2D eigenvalue weighted by atomic mass is 16.5. The molecule has 0 bridgehead atoms. The Morgan fingerprint density at radius 1 is 1.35 bits per heavy atom. The van der Waals surface area contributed by atoms with Gasteiger partial charge in [0.25, 0.3) is 0 Å². The third-order valence-corrected chi connectivity index (χ3v) is 3.22. The maximum atomic E-state index is 11.0. The Labute approximate surface area is 117 Å². The van der Waals surface area contributed by atoms with Crippen LogP contribution < -0.4 is 10.1 Å². The molecule has 0 fully saturated rings. The second kappa shape index (κ2) is 6.19. The van der Waals surface area contributed by atoms with E-state index in [1.54, 1.807) is 7.11 Å². The Hall–Kier alpha value is -2.36. The van der Waals surface area contributed by atoms with Crippen LogP contribution in [0.4, 0.5) is 0 Å². The summed E-state index contributed by atoms with van der Waals surface area (Å²) in [6, 6.07) is 9.63. The summed E-state index contributed by atoms with van der Waals surface area (Å²) < 4.78 is 5.24. The molecule has 20 heavy (non-hydrogen) atoms. The lowest BCUT2D eigenvalue weighted by Crippen LogP contribution is -2.22. The smallest absolute Gasteiger partial charge is 0.216 e. The standard InChI is InChI=1S/C16H17NO3/c1-11(19)17-7-6-12-4-3-5-13-8-14(10-18)16(20-2)9-15(12)13/h3-5,8-10H,6-7H2,1-2H3,(H,17,19). The maximum Gasteiger partial charge on any atom is 0.216 e. The molecule has 1 N–H and O–H groups in total. The summed E-state index contributed by atoms with van der Waals surface area (Å²) in [6.45, 7) is 2.09. The van der Waals surface area contributed by atoms with Crippen LogP contribution in [0.2, 0.25) is 0 Å². The monoisotopic (exact) mass is 271 g/mol. The summed E-state index contributed by atoms with van der Waals surface area (Å²) >= 11 is 0. The van der Waals surface area contributed by atoms with Crippen molar-refractivity contribution in [3.8, 4) is 5.75 Å². The third kappa shape index (κ3) is 2.96. The van der Waals surface area contributed by atoms with Gasteiger partial charge in [-0.1, -0.05) is 18.2 Å². The third-order valence-electron chi connectivity index (χ3n) is 3.22. The summed E-state index contributed by atoms with van der Waals surface area (Å²) in [5, 5.41) is 4.82. The molecule has 2 aromatic rings. The van der Waals surface area contributed by atoms with Crippen molar-refractivity contribution in [3.05, 3.63) is 41.5 Å². The quantitative estimate of drug-likeness (QED) is 0.849. The van der Waals surface area contributed by atoms with Crippen LogP contribution in [0.15, 0.2) is 30.3 Å². The van der Waals surface area contributed by atoms with Gasteiger partial charge in [-0.15, -0.1) is 0 Å². The van der Waals surface area contributed by atoms with Crippen LogP contribution in [-0.4, -0.2) is 25.8 Å². The number of rotatable bonds is 5. The topological polar surface area (TPSA) is 55.4 Å². The number of carbonyl (C=O) groups excluding carboxylic acids is 2. The van der Waals surface area contributed by atoms with Gasteiger partial charge in [-0.2, -0.15) is 0 Å². The number of nitrogens with one attached hydrogen (secondary N) is 1. The van der Waals surface area contributed by atoms with Gasteiger partial charge in [0.05, 0.1) is 12.7 Å². The summed E-state index contributed by atoms with van der Waals surface area (Å²) in [6.07, 6.45) is 1.53. The fraction of sp³-hybridized carbons (Fsp3) is 0.250. The van der Waals surface area contributed by atoms with Gasteiger partial charge in [0.15, 0.2) is 6.29 Å². The lowest BCUT2D eigenvalue weighted by atomic mass is 9.99. The number of benzene rings is 2. The van der Waals surface area contributed by atoms with Gasteiger partial charge in [-0.25, -0.2) is 0 Å². The molecule has 0 spiro atoms. The maximum absolute atomic E-state index is 11.0. The Kier molecular flexibility index (Phi) is 4.35. The van der Waals surface area contributed by atoms with Crippen molar-refractivity contribution in [3.63, 3.8) is 0 Å². The zero-order chi connectivity index (χ0) is 14.5. The highest BCUT2D eigenvalue weighted by molar-refractivity contribution is 5.94. The van der Waals surface area contributed by atoms with E-state index in [4.69, 9.17) is 4.74 Å². The predicted molar refractivity (Wildman–Crippen MR) is 78.3 cm³/mol. The number of carbonyl (C=O) groups is 2. The molecular weight excluding hydrogens is 254 g/mol. The Bertz CT molecular complexity index is 649. The minimum Gasteiger partial charge on any atom is -0.496 e. The summed E-state index contributed by atoms with van der Waals surface area (Å²) in [5.41, 5.74) is 1.66. The predicted octanol–water partition coefficient (Wildman–Crippen LogP) is 2.34. The average molecular weight is 271 g/mol. The van der Waals surface area contributed by atoms with Crippen LogP contribution >= 0.6 is 0 Å². The highest BCUT2D eigenvalue weighted by Crippen LogP contribution is 2.27. The van der Waals surface area contributed by atoms with Crippen molar-refractivity contribution >= 4 is 23.0 Å². The second-order valence-corrected chi connectivity index (χ2v) is 4.58. The van der Waals surface area contributed by atoms with Crippen LogP contribution in [0.25, 0.3) is 10.8 Å². The first-order valence-corrected chi connectivity index (χ1v) is 6.45. The lowest BCUT2D eigenvalue weighted by Gasteiger charge is -2.10. The number of hydrogen-bond acceptors (Lipinski definition) is 3. The van der Waals surface area contributed by atoms with Gasteiger partial charge in [0.1, 0.15) is 5.75 Å². The number of ether oxygens (including phenoxy) is 1. The molecule has 2 aromatic carbocycles. The van der Waals surface area contributed by atoms with Crippen LogP contribution in [0.1, 0.15) is 22.8 Å². The first-order valence-electron chi connectivity index (χ1n) is 6.45. The van der Waals surface area contributed by atoms with Gasteiger partial charge in [-0.3, -0.25) is 9.59 Å². The van der Waals surface area contributed by atoms with E-state index in [1.165, 1.54) is 6.92 Å². The van der Waals surface area contributed by atoms with Gasteiger partial charge in [-0.05, 0) is 34.9 Å². The molecule has 4 nitrogen and oxygen atoms in total. The van der Waals surface area contributed by atoms with E-state index in [9.17, 15) is 9.59 Å². The van der Waals surface area contributed by atoms with E-state index >= 15 is 0 Å². The van der Waals surface area contributed by atoms with E-state index in [-0.39, 0.29) is 5.91 Å². The molecular formula is C16H17NO3. The molecule has 1 amide bonds. The molecule has 0 atom stereocenters. The number of aldehydes is 1. The van der Waals surface area contributed by atoms with E-state index in [2.05, 4.69) is 5.32 Å². The second-order valence-electron chi connectivity index (χ2n) is 4.58. The lowest BCUT2D eigenvalue weighted by molar-refractivity contribution is -0.118. The zero-order valence-electron chi connectivity index (χ0n) is 11.6. The van der Waals surface area contributed by atoms with Crippen LogP contribution in [0, 0.1) is 0 Å². The van der Waals surface area contributed by atoms with Crippen LogP contribution in [-0.2, 0) is 11.2 Å². The molecule has 0 aliphatic heterocycles. The van der Waals surface area contributed by atoms with Crippen molar-refractivity contribution in [2.75, 3.05) is 13.7 Å². The normalized spacial score (nSPS) is 10.3. The molecule has 0 radical (unpaired) electrons. The average Bonchev–Trinajstić information content (AvgIpc) is 2.45. The van der Waals surface area contributed by atoms with Crippen molar-refractivity contribution in [2.45, 2.75) is 13.3 Å². The van der Waals surface area contributed by atoms with Crippen molar-refractivity contribution in [1.29, 1.82) is 0 Å². The molecule has 0 saturated heterocycles. The molecule has 0 heterocycles. The molecule has 0 aliphatic carbocycles. The van der Waals surface area contributed by atoms with E-state index < -0.39 is 0 Å². The van der Waals surface area contributed by atoms with E-state index in [0.29, 0.717) is 17.9 Å². The number of methoxy groups -OCH3 is 1. The molecule has 0 saturated carbocycles. The largest absolute Gasteiger partial charge is 0.496 e. The number of fused-ring (bicyclic) bond motifs is 1. The SMILES string of the molecule is COc1cc2c(CCNC(C)=O)cccc2cc1C=O. The number of amides is 1. The summed E-state index contributed by atoms with van der Waals surface area (Å²) in [4.78, 5) is 21.9. The Morgan fingerprint density at radius 3 is 2.80 bits per heavy atom. The van der Waals surface area contributed by atoms with E-state index in [1.807, 2.05) is 30.3 Å². The van der Waals surface area contributed by atoms with Crippen LogP contribution in [0.3, 0.4) is 0 Å².